The first kappa shape index (κ1) is 29.5. The molecule has 0 aliphatic carbocycles. The number of aliphatic hydroxyl groups excluding tert-OH is 1. The van der Waals surface area contributed by atoms with E-state index in [1.54, 1.807) is 15.9 Å². The Morgan fingerprint density at radius 2 is 1.82 bits per heavy atom. The van der Waals surface area contributed by atoms with Crippen LogP contribution in [0.3, 0.4) is 0 Å². The van der Waals surface area contributed by atoms with Gasteiger partial charge in [0.05, 0.1) is 29.2 Å². The van der Waals surface area contributed by atoms with Gasteiger partial charge in [0.2, 0.25) is 5.91 Å². The first-order valence-electron chi connectivity index (χ1n) is 14.2. The van der Waals surface area contributed by atoms with Crippen molar-refractivity contribution in [3.05, 3.63) is 36.9 Å². The predicted octanol–water partition coefficient (Wildman–Crippen LogP) is 3.88. The minimum atomic E-state index is -0.980. The summed E-state index contributed by atoms with van der Waals surface area (Å²) in [4.78, 5) is 46.8. The molecule has 214 valence electrons. The molecule has 3 aliphatic heterocycles. The molecule has 0 radical (unpaired) electrons. The van der Waals surface area contributed by atoms with Crippen molar-refractivity contribution in [3.8, 4) is 0 Å². The lowest BCUT2D eigenvalue weighted by atomic mass is 9.66. The smallest absolute Gasteiger partial charge is 0.308 e. The molecule has 0 saturated carbocycles. The number of hydrogen-bond acceptors (Lipinski definition) is 6. The van der Waals surface area contributed by atoms with E-state index in [4.69, 9.17) is 0 Å². The van der Waals surface area contributed by atoms with Gasteiger partial charge in [-0.25, -0.2) is 0 Å². The fraction of sp³-hybridized carbons (Fsp3) is 0.633. The summed E-state index contributed by atoms with van der Waals surface area (Å²) < 4.78 is -0.854. The number of hydrogen-bond donors (Lipinski definition) is 2. The third-order valence-corrected chi connectivity index (χ3v) is 11.0. The highest BCUT2D eigenvalue weighted by Gasteiger charge is 2.77. The summed E-state index contributed by atoms with van der Waals surface area (Å²) in [5, 5.41) is 20.4. The number of likely N-dealkylation sites (tertiary alicyclic amines) is 1. The van der Waals surface area contributed by atoms with Crippen LogP contribution in [0, 0.1) is 23.7 Å². The Hall–Kier alpha value is -2.52. The molecular weight excluding hydrogens is 514 g/mol. The zero-order valence-electron chi connectivity index (χ0n) is 23.7. The maximum atomic E-state index is 14.7. The summed E-state index contributed by atoms with van der Waals surface area (Å²) in [7, 11) is 0. The number of thioether (sulfide) groups is 1. The summed E-state index contributed by atoms with van der Waals surface area (Å²) in [6.45, 7) is 15.9. The second-order valence-corrected chi connectivity index (χ2v) is 13.1. The molecule has 3 fully saturated rings. The lowest BCUT2D eigenvalue weighted by molar-refractivity contribution is -0.149. The van der Waals surface area contributed by atoms with Crippen molar-refractivity contribution in [3.63, 3.8) is 0 Å². The number of carbonyl (C=O) groups excluding carboxylic acids is 2. The second kappa shape index (κ2) is 11.5. The lowest BCUT2D eigenvalue weighted by Gasteiger charge is -2.42. The monoisotopic (exact) mass is 557 g/mol. The van der Waals surface area contributed by atoms with E-state index >= 15 is 0 Å². The first-order valence-corrected chi connectivity index (χ1v) is 15.1. The van der Waals surface area contributed by atoms with Crippen LogP contribution in [0.25, 0.3) is 0 Å². The molecule has 9 heteroatoms. The molecule has 0 aromatic heterocycles. The van der Waals surface area contributed by atoms with Gasteiger partial charge in [-0.3, -0.25) is 14.4 Å². The van der Waals surface area contributed by atoms with Crippen molar-refractivity contribution in [2.24, 2.45) is 23.7 Å². The molecule has 1 aromatic rings. The number of carbonyl (C=O) groups is 3. The third-order valence-electron chi connectivity index (χ3n) is 8.92. The van der Waals surface area contributed by atoms with E-state index < -0.39 is 34.6 Å². The van der Waals surface area contributed by atoms with E-state index in [0.717, 1.165) is 18.8 Å². The highest BCUT2D eigenvalue weighted by Crippen LogP contribution is 2.69. The molecule has 1 aromatic carbocycles. The van der Waals surface area contributed by atoms with E-state index in [9.17, 15) is 24.6 Å². The number of fused-ring (bicyclic) bond motifs is 1. The number of aliphatic carboxylic acids is 1. The molecule has 4 rings (SSSR count). The van der Waals surface area contributed by atoms with Gasteiger partial charge in [-0.1, -0.05) is 26.8 Å². The second-order valence-electron chi connectivity index (χ2n) is 11.5. The Kier molecular flexibility index (Phi) is 8.71. The van der Waals surface area contributed by atoms with E-state index in [0.29, 0.717) is 18.5 Å². The normalized spacial score (nSPS) is 30.0. The summed E-state index contributed by atoms with van der Waals surface area (Å²) in [5.74, 6) is -3.00. The molecule has 7 atom stereocenters. The fourth-order valence-corrected chi connectivity index (χ4v) is 9.66. The fourth-order valence-electron chi connectivity index (χ4n) is 7.27. The number of carboxylic acids is 1. The van der Waals surface area contributed by atoms with Crippen LogP contribution in [0.4, 0.5) is 11.4 Å². The van der Waals surface area contributed by atoms with Gasteiger partial charge in [-0.05, 0) is 62.8 Å². The maximum absolute atomic E-state index is 14.7. The van der Waals surface area contributed by atoms with Crippen molar-refractivity contribution >= 4 is 40.9 Å². The largest absolute Gasteiger partial charge is 0.481 e. The highest BCUT2D eigenvalue weighted by molar-refractivity contribution is 8.02. The number of amides is 2. The number of rotatable bonds is 12. The Morgan fingerprint density at radius 1 is 1.21 bits per heavy atom. The van der Waals surface area contributed by atoms with Crippen LogP contribution in [-0.4, -0.2) is 81.2 Å². The Bertz CT molecular complexity index is 1090. The van der Waals surface area contributed by atoms with Gasteiger partial charge < -0.3 is 24.9 Å². The molecule has 3 aliphatic rings. The predicted molar refractivity (Wildman–Crippen MR) is 156 cm³/mol. The van der Waals surface area contributed by atoms with Gasteiger partial charge in [0.25, 0.3) is 5.91 Å². The minimum Gasteiger partial charge on any atom is -0.481 e. The third kappa shape index (κ3) is 4.75. The zero-order valence-corrected chi connectivity index (χ0v) is 24.6. The van der Waals surface area contributed by atoms with Gasteiger partial charge in [-0.15, -0.1) is 18.3 Å². The molecule has 2 amide bonds. The summed E-state index contributed by atoms with van der Waals surface area (Å²) in [6.07, 6.45) is 2.85. The van der Waals surface area contributed by atoms with E-state index in [1.165, 1.54) is 11.8 Å². The minimum absolute atomic E-state index is 0.0231. The molecule has 3 unspecified atom stereocenters. The Morgan fingerprint density at radius 3 is 2.33 bits per heavy atom. The van der Waals surface area contributed by atoms with Crippen LogP contribution in [0.1, 0.15) is 47.5 Å². The zero-order chi connectivity index (χ0) is 28.6. The van der Waals surface area contributed by atoms with Gasteiger partial charge in [0, 0.05) is 36.3 Å². The van der Waals surface area contributed by atoms with Crippen LogP contribution >= 0.6 is 11.8 Å². The molecule has 1 spiro atoms. The van der Waals surface area contributed by atoms with Crippen molar-refractivity contribution in [1.82, 2.24) is 4.90 Å². The molecule has 39 heavy (non-hydrogen) atoms. The highest BCUT2D eigenvalue weighted by atomic mass is 32.2. The topological polar surface area (TPSA) is 101 Å². The molecule has 3 heterocycles. The molecular formula is C30H43N3O5S. The van der Waals surface area contributed by atoms with Crippen molar-refractivity contribution < 1.29 is 24.6 Å². The standard InChI is InChI=1S/C30H43N3O5S/c1-7-14-32(21-12-10-20(11-13-21)31(8-2)9-3)28(36)26-30-19(6)16-23(39-30)24(29(37)38)25(30)27(35)33(26)22(17-34)15-18(4)5/h7,10-13,18-19,22-26,34H,1,8-9,14-17H2,2-6H3,(H,37,38)/t19?,22-,23-,24+,25+,26?,30?/m1/s1. The average Bonchev–Trinajstić information content (AvgIpc) is 3.50. The summed E-state index contributed by atoms with van der Waals surface area (Å²) in [5.41, 5.74) is 1.76. The number of anilines is 2. The molecule has 2 N–H and O–H groups in total. The van der Waals surface area contributed by atoms with Crippen LogP contribution < -0.4 is 9.80 Å². The van der Waals surface area contributed by atoms with E-state index in [2.05, 4.69) is 25.3 Å². The van der Waals surface area contributed by atoms with Gasteiger partial charge >= 0.3 is 5.97 Å². The van der Waals surface area contributed by atoms with Crippen molar-refractivity contribution in [2.45, 2.75) is 69.5 Å². The van der Waals surface area contributed by atoms with Crippen LogP contribution in [0.2, 0.25) is 0 Å². The van der Waals surface area contributed by atoms with Crippen LogP contribution in [0.15, 0.2) is 36.9 Å². The number of carboxylic acid groups (broad SMARTS) is 1. The molecule has 2 bridgehead atoms. The average molecular weight is 558 g/mol. The van der Waals surface area contributed by atoms with Gasteiger partial charge in [0.1, 0.15) is 6.04 Å². The SMILES string of the molecule is C=CCN(C(=O)C1N([C@@H](CO)CC(C)C)C(=O)[C@@H]2[C@@H](C(=O)O)[C@H]3CC(C)C12S3)c1ccc(N(CC)CC)cc1. The Balaban J connectivity index is 1.81. The maximum Gasteiger partial charge on any atom is 0.308 e. The Labute approximate surface area is 236 Å². The number of aliphatic hydroxyl groups is 1. The molecule has 8 nitrogen and oxygen atoms in total. The lowest BCUT2D eigenvalue weighted by Crippen LogP contribution is -2.59. The van der Waals surface area contributed by atoms with Crippen molar-refractivity contribution in [1.29, 1.82) is 0 Å². The van der Waals surface area contributed by atoms with E-state index in [1.807, 2.05) is 45.0 Å². The van der Waals surface area contributed by atoms with Gasteiger partial charge in [0.15, 0.2) is 0 Å². The summed E-state index contributed by atoms with van der Waals surface area (Å²) >= 11 is 1.52. The molecule has 3 saturated heterocycles. The first-order chi connectivity index (χ1) is 18.6. The number of nitrogens with zero attached hydrogens (tertiary/aromatic N) is 3. The van der Waals surface area contributed by atoms with Crippen molar-refractivity contribution in [2.75, 3.05) is 36.0 Å². The summed E-state index contributed by atoms with van der Waals surface area (Å²) in [6, 6.07) is 6.40. The number of benzene rings is 1. The van der Waals surface area contributed by atoms with Crippen LogP contribution in [0.5, 0.6) is 0 Å². The van der Waals surface area contributed by atoms with Gasteiger partial charge in [-0.2, -0.15) is 0 Å². The van der Waals surface area contributed by atoms with E-state index in [-0.39, 0.29) is 42.1 Å². The van der Waals surface area contributed by atoms with Crippen LogP contribution in [-0.2, 0) is 14.4 Å². The quantitative estimate of drug-likeness (QED) is 0.376.